The van der Waals surface area contributed by atoms with E-state index in [1.807, 2.05) is 67.6 Å². The highest BCUT2D eigenvalue weighted by Crippen LogP contribution is 2.51. The number of hydrogen-bond donors (Lipinski definition) is 0. The molecule has 5 nitrogen and oxygen atoms in total. The fourth-order valence-corrected chi connectivity index (χ4v) is 4.60. The zero-order valence-electron chi connectivity index (χ0n) is 19.3. The number of rotatable bonds is 8. The van der Waals surface area contributed by atoms with Crippen molar-refractivity contribution in [1.82, 2.24) is 0 Å². The summed E-state index contributed by atoms with van der Waals surface area (Å²) in [5, 5.41) is 0. The monoisotopic (exact) mass is 438 g/mol. The highest BCUT2D eigenvalue weighted by molar-refractivity contribution is 5.83. The zero-order valence-corrected chi connectivity index (χ0v) is 19.3. The minimum absolute atomic E-state index is 0.154. The van der Waals surface area contributed by atoms with Crippen LogP contribution >= 0.6 is 0 Å². The maximum Gasteiger partial charge on any atom is 0.183 e. The summed E-state index contributed by atoms with van der Waals surface area (Å²) in [6.07, 6.45) is 0.516. The molecule has 4 atom stereocenters. The third-order valence-electron chi connectivity index (χ3n) is 7.02. The van der Waals surface area contributed by atoms with Crippen molar-refractivity contribution < 1.29 is 23.7 Å². The molecule has 2 fully saturated rings. The van der Waals surface area contributed by atoms with Crippen molar-refractivity contribution in [2.75, 3.05) is 13.2 Å². The topological polar surface area (TPSA) is 54.0 Å². The number of ketones is 1. The van der Waals surface area contributed by atoms with E-state index in [9.17, 15) is 4.79 Å². The van der Waals surface area contributed by atoms with Gasteiger partial charge in [0.05, 0.1) is 38.4 Å². The molecule has 0 aliphatic carbocycles. The van der Waals surface area contributed by atoms with Crippen LogP contribution in [0.3, 0.4) is 0 Å². The molecule has 5 heteroatoms. The molecule has 2 heterocycles. The van der Waals surface area contributed by atoms with Crippen LogP contribution in [0.4, 0.5) is 0 Å². The molecule has 2 aromatic carbocycles. The highest BCUT2D eigenvalue weighted by Gasteiger charge is 2.62. The third-order valence-corrected chi connectivity index (χ3v) is 7.02. The third kappa shape index (κ3) is 4.81. The van der Waals surface area contributed by atoms with Gasteiger partial charge in [-0.15, -0.1) is 0 Å². The van der Waals surface area contributed by atoms with Gasteiger partial charge in [0.15, 0.2) is 5.79 Å². The zero-order chi connectivity index (χ0) is 22.6. The lowest BCUT2D eigenvalue weighted by Crippen LogP contribution is -2.57. The second-order valence-corrected chi connectivity index (χ2v) is 9.49. The summed E-state index contributed by atoms with van der Waals surface area (Å²) in [4.78, 5) is 13.0. The van der Waals surface area contributed by atoms with Gasteiger partial charge in [0.1, 0.15) is 5.78 Å². The molecular weight excluding hydrogens is 404 g/mol. The quantitative estimate of drug-likeness (QED) is 0.547. The summed E-state index contributed by atoms with van der Waals surface area (Å²) in [5.74, 6) is -0.951. The van der Waals surface area contributed by atoms with Crippen LogP contribution in [0.1, 0.15) is 44.7 Å². The molecule has 172 valence electrons. The fraction of sp³-hybridized carbons (Fsp3) is 0.519. The van der Waals surface area contributed by atoms with Crippen molar-refractivity contribution in [2.45, 2.75) is 64.8 Å². The molecule has 2 saturated heterocycles. The number of hydrogen-bond acceptors (Lipinski definition) is 5. The Hall–Kier alpha value is -2.05. The summed E-state index contributed by atoms with van der Waals surface area (Å²) in [6.45, 7) is 8.13. The van der Waals surface area contributed by atoms with Gasteiger partial charge in [-0.2, -0.15) is 0 Å². The molecular formula is C27H34O5. The molecule has 0 N–H and O–H groups in total. The van der Waals surface area contributed by atoms with Gasteiger partial charge < -0.3 is 18.9 Å². The van der Waals surface area contributed by atoms with E-state index < -0.39 is 11.2 Å². The van der Waals surface area contributed by atoms with Crippen LogP contribution in [-0.4, -0.2) is 37.0 Å². The summed E-state index contributed by atoms with van der Waals surface area (Å²) in [6, 6.07) is 20.2. The van der Waals surface area contributed by atoms with E-state index in [1.165, 1.54) is 0 Å². The van der Waals surface area contributed by atoms with E-state index in [2.05, 4.69) is 13.8 Å². The van der Waals surface area contributed by atoms with E-state index in [0.717, 1.165) is 11.1 Å². The molecule has 2 aliphatic rings. The number of carbonyl (C=O) groups is 1. The van der Waals surface area contributed by atoms with E-state index >= 15 is 0 Å². The Bertz CT molecular complexity index is 881. The van der Waals surface area contributed by atoms with E-state index in [4.69, 9.17) is 18.9 Å². The Balaban J connectivity index is 1.36. The molecule has 0 radical (unpaired) electrons. The first-order chi connectivity index (χ1) is 15.4. The highest BCUT2D eigenvalue weighted by atomic mass is 16.7. The smallest absolute Gasteiger partial charge is 0.183 e. The number of ether oxygens (including phenoxy) is 4. The molecule has 0 bridgehead atoms. The molecule has 1 spiro atoms. The molecule has 4 rings (SSSR count). The summed E-state index contributed by atoms with van der Waals surface area (Å²) in [7, 11) is 0. The van der Waals surface area contributed by atoms with Gasteiger partial charge >= 0.3 is 0 Å². The van der Waals surface area contributed by atoms with Crippen LogP contribution in [0.15, 0.2) is 60.7 Å². The number of Topliss-reactive ketones (excluding diaryl/α,β-unsaturated/α-hetero) is 1. The van der Waals surface area contributed by atoms with Gasteiger partial charge in [0.25, 0.3) is 0 Å². The summed E-state index contributed by atoms with van der Waals surface area (Å²) in [5.41, 5.74) is 1.80. The molecule has 0 saturated carbocycles. The maximum atomic E-state index is 13.0. The lowest BCUT2D eigenvalue weighted by molar-refractivity contribution is -0.297. The summed E-state index contributed by atoms with van der Waals surface area (Å²) < 4.78 is 24.9. The van der Waals surface area contributed by atoms with Crippen molar-refractivity contribution in [3.8, 4) is 0 Å². The molecule has 0 unspecified atom stereocenters. The Labute approximate surface area is 191 Å². The SMILES string of the molecule is C[C@H]1C(=O)C[C@]2(OC[C@H](OCc3ccccc3)C2(C)C)O[C@H]1CCOCc1ccccc1. The van der Waals surface area contributed by atoms with E-state index in [0.29, 0.717) is 32.8 Å². The lowest BCUT2D eigenvalue weighted by atomic mass is 9.74. The Morgan fingerprint density at radius 1 is 0.969 bits per heavy atom. The minimum atomic E-state index is -0.956. The predicted molar refractivity (Wildman–Crippen MR) is 122 cm³/mol. The standard InChI is InChI=1S/C27H34O5/c1-20-23(28)16-27(32-24(20)14-15-29-17-21-10-6-4-7-11-21)26(2,3)25(19-31-27)30-18-22-12-8-5-9-13-22/h4-13,20,24-25H,14-19H2,1-3H3/t20-,24-,25-,27-/m0/s1. The Morgan fingerprint density at radius 2 is 1.59 bits per heavy atom. The van der Waals surface area contributed by atoms with Crippen molar-refractivity contribution in [2.24, 2.45) is 11.3 Å². The van der Waals surface area contributed by atoms with Crippen LogP contribution in [-0.2, 0) is 37.0 Å². The molecule has 2 aromatic rings. The number of carbonyl (C=O) groups excluding carboxylic acids is 1. The van der Waals surface area contributed by atoms with Gasteiger partial charge in [0, 0.05) is 17.9 Å². The van der Waals surface area contributed by atoms with Crippen LogP contribution in [0, 0.1) is 11.3 Å². The second kappa shape index (κ2) is 9.84. The Morgan fingerprint density at radius 3 is 2.25 bits per heavy atom. The van der Waals surface area contributed by atoms with Gasteiger partial charge in [-0.05, 0) is 17.5 Å². The first kappa shape index (κ1) is 23.1. The van der Waals surface area contributed by atoms with E-state index in [1.54, 1.807) is 0 Å². The first-order valence-corrected chi connectivity index (χ1v) is 11.5. The van der Waals surface area contributed by atoms with Crippen LogP contribution < -0.4 is 0 Å². The predicted octanol–water partition coefficient (Wildman–Crippen LogP) is 4.93. The minimum Gasteiger partial charge on any atom is -0.377 e. The van der Waals surface area contributed by atoms with Gasteiger partial charge in [-0.1, -0.05) is 81.4 Å². The molecule has 2 aliphatic heterocycles. The van der Waals surface area contributed by atoms with E-state index in [-0.39, 0.29) is 30.3 Å². The maximum absolute atomic E-state index is 13.0. The lowest BCUT2D eigenvalue weighted by Gasteiger charge is -2.47. The average Bonchev–Trinajstić information content (AvgIpc) is 3.03. The molecule has 0 amide bonds. The normalized spacial score (nSPS) is 29.5. The van der Waals surface area contributed by atoms with Gasteiger partial charge in [0.2, 0.25) is 0 Å². The second-order valence-electron chi connectivity index (χ2n) is 9.49. The van der Waals surface area contributed by atoms with Crippen molar-refractivity contribution in [3.63, 3.8) is 0 Å². The van der Waals surface area contributed by atoms with Crippen LogP contribution in [0.2, 0.25) is 0 Å². The van der Waals surface area contributed by atoms with Crippen molar-refractivity contribution in [3.05, 3.63) is 71.8 Å². The Kier molecular flexibility index (Phi) is 7.11. The first-order valence-electron chi connectivity index (χ1n) is 11.5. The van der Waals surface area contributed by atoms with Crippen molar-refractivity contribution >= 4 is 5.78 Å². The van der Waals surface area contributed by atoms with Crippen LogP contribution in [0.5, 0.6) is 0 Å². The van der Waals surface area contributed by atoms with Crippen molar-refractivity contribution in [1.29, 1.82) is 0 Å². The average molecular weight is 439 g/mol. The van der Waals surface area contributed by atoms with Crippen LogP contribution in [0.25, 0.3) is 0 Å². The molecule has 32 heavy (non-hydrogen) atoms. The fourth-order valence-electron chi connectivity index (χ4n) is 4.60. The molecule has 0 aromatic heterocycles. The van der Waals surface area contributed by atoms with Gasteiger partial charge in [-0.3, -0.25) is 4.79 Å². The van der Waals surface area contributed by atoms with Gasteiger partial charge in [-0.25, -0.2) is 0 Å². The number of benzene rings is 2. The largest absolute Gasteiger partial charge is 0.377 e. The summed E-state index contributed by atoms with van der Waals surface area (Å²) >= 11 is 0.